The molecular formula is C16H10ClFN4O4. The average molecular weight is 377 g/mol. The summed E-state index contributed by atoms with van der Waals surface area (Å²) < 4.78 is 15.2. The minimum absolute atomic E-state index is 0. The van der Waals surface area contributed by atoms with Gasteiger partial charge in [0.25, 0.3) is 5.69 Å². The highest BCUT2D eigenvalue weighted by Crippen LogP contribution is 2.40. The first-order valence-electron chi connectivity index (χ1n) is 7.18. The van der Waals surface area contributed by atoms with Gasteiger partial charge in [-0.1, -0.05) is 0 Å². The number of rotatable bonds is 2. The van der Waals surface area contributed by atoms with Crippen LogP contribution in [0.3, 0.4) is 0 Å². The van der Waals surface area contributed by atoms with Crippen LogP contribution >= 0.6 is 12.4 Å². The van der Waals surface area contributed by atoms with Crippen LogP contribution in [0.5, 0.6) is 0 Å². The summed E-state index contributed by atoms with van der Waals surface area (Å²) in [6.45, 7) is 0. The van der Waals surface area contributed by atoms with Crippen LogP contribution < -0.4 is 0 Å². The van der Waals surface area contributed by atoms with Gasteiger partial charge in [-0.2, -0.15) is 0 Å². The van der Waals surface area contributed by atoms with Crippen LogP contribution in [0.2, 0.25) is 0 Å². The van der Waals surface area contributed by atoms with Gasteiger partial charge in [-0.05, 0) is 24.3 Å². The third-order valence-electron chi connectivity index (χ3n) is 4.19. The van der Waals surface area contributed by atoms with E-state index >= 15 is 0 Å². The molecule has 0 bridgehead atoms. The molecule has 2 aromatic rings. The molecule has 0 fully saturated rings. The fourth-order valence-electron chi connectivity index (χ4n) is 3.13. The van der Waals surface area contributed by atoms with Gasteiger partial charge in [0.15, 0.2) is 5.52 Å². The third kappa shape index (κ3) is 2.40. The minimum atomic E-state index is -0.694. The van der Waals surface area contributed by atoms with Crippen molar-refractivity contribution in [1.29, 1.82) is 0 Å². The van der Waals surface area contributed by atoms with Crippen LogP contribution in [0.25, 0.3) is 33.2 Å². The Kier molecular flexibility index (Phi) is 3.96. The van der Waals surface area contributed by atoms with Crippen molar-refractivity contribution in [3.05, 3.63) is 62.4 Å². The molecule has 2 heterocycles. The molecule has 132 valence electrons. The van der Waals surface area contributed by atoms with E-state index in [1.54, 1.807) is 23.7 Å². The van der Waals surface area contributed by atoms with E-state index in [0.29, 0.717) is 27.7 Å². The molecule has 0 amide bonds. The van der Waals surface area contributed by atoms with E-state index in [-0.39, 0.29) is 23.6 Å². The number of nitro benzene ring substituents is 2. The molecule has 0 atom stereocenters. The van der Waals surface area contributed by atoms with Crippen molar-refractivity contribution in [2.75, 3.05) is 0 Å². The van der Waals surface area contributed by atoms with Crippen LogP contribution in [0, 0.1) is 26.0 Å². The Bertz CT molecular complexity index is 1190. The van der Waals surface area contributed by atoms with Crippen molar-refractivity contribution in [1.82, 2.24) is 9.55 Å². The Labute approximate surface area is 150 Å². The van der Waals surface area contributed by atoms with Gasteiger partial charge in [-0.15, -0.1) is 12.4 Å². The summed E-state index contributed by atoms with van der Waals surface area (Å²) in [5.41, 5.74) is 0.845. The average Bonchev–Trinajstić information content (AvgIpc) is 2.91. The van der Waals surface area contributed by atoms with E-state index in [4.69, 9.17) is 0 Å². The summed E-state index contributed by atoms with van der Waals surface area (Å²) in [6.07, 6.45) is 0. The fourth-order valence-corrected chi connectivity index (χ4v) is 3.13. The highest BCUT2D eigenvalue weighted by atomic mass is 35.5. The fraction of sp³-hybridized carbons (Fsp3) is 0.0625. The lowest BCUT2D eigenvalue weighted by molar-refractivity contribution is -0.393. The first-order valence-corrected chi connectivity index (χ1v) is 7.18. The van der Waals surface area contributed by atoms with Gasteiger partial charge < -0.3 is 4.57 Å². The van der Waals surface area contributed by atoms with Crippen LogP contribution in [-0.4, -0.2) is 19.4 Å². The minimum Gasteiger partial charge on any atom is -0.342 e. The quantitative estimate of drug-likeness (QED) is 0.385. The van der Waals surface area contributed by atoms with Crippen LogP contribution in [-0.2, 0) is 7.05 Å². The highest BCUT2D eigenvalue weighted by molar-refractivity contribution is 6.04. The van der Waals surface area contributed by atoms with E-state index in [2.05, 4.69) is 4.98 Å². The normalized spacial score (nSPS) is 11.0. The van der Waals surface area contributed by atoms with Gasteiger partial charge in [0.2, 0.25) is 0 Å². The lowest BCUT2D eigenvalue weighted by atomic mass is 10.1. The van der Waals surface area contributed by atoms with E-state index in [1.807, 2.05) is 0 Å². The first-order chi connectivity index (χ1) is 11.9. The maximum Gasteiger partial charge on any atom is 0.302 e. The number of aromatic nitrogens is 2. The molecule has 4 rings (SSSR count). The van der Waals surface area contributed by atoms with Crippen molar-refractivity contribution in [3.8, 4) is 11.4 Å². The summed E-state index contributed by atoms with van der Waals surface area (Å²) in [5, 5.41) is 23.3. The zero-order chi connectivity index (χ0) is 17.9. The molecule has 26 heavy (non-hydrogen) atoms. The molecule has 0 N–H and O–H groups in total. The largest absolute Gasteiger partial charge is 0.342 e. The number of pyridine rings is 1. The number of hydrogen-bond acceptors (Lipinski definition) is 5. The SMILES string of the molecule is Cl.Cn1c2c3cc([N+](=O)[O-])cc([N+](=O)[O-])c3nc-2cc2cc(F)ccc21. The predicted octanol–water partition coefficient (Wildman–Crippen LogP) is 4.21. The number of benzene rings is 2. The molecule has 0 saturated carbocycles. The number of halogens is 2. The van der Waals surface area contributed by atoms with Crippen molar-refractivity contribution in [2.45, 2.75) is 0 Å². The maximum absolute atomic E-state index is 13.5. The second-order valence-electron chi connectivity index (χ2n) is 5.63. The lowest BCUT2D eigenvalue weighted by Gasteiger charge is -2.12. The molecule has 2 aliphatic rings. The Morgan fingerprint density at radius 1 is 1.08 bits per heavy atom. The molecule has 10 heteroatoms. The summed E-state index contributed by atoms with van der Waals surface area (Å²) in [4.78, 5) is 25.3. The monoisotopic (exact) mass is 376 g/mol. The number of aryl methyl sites for hydroxylation is 1. The lowest BCUT2D eigenvalue weighted by Crippen LogP contribution is -1.99. The number of non-ortho nitro benzene ring substituents is 2. The van der Waals surface area contributed by atoms with Gasteiger partial charge >= 0.3 is 5.69 Å². The molecule has 0 aliphatic carbocycles. The predicted molar refractivity (Wildman–Crippen MR) is 95.4 cm³/mol. The molecule has 0 unspecified atom stereocenters. The number of fused-ring (bicyclic) bond motifs is 4. The molecular weight excluding hydrogens is 367 g/mol. The van der Waals surface area contributed by atoms with E-state index in [9.17, 15) is 24.6 Å². The second kappa shape index (κ2) is 5.88. The standard InChI is InChI=1S/C16H9FN4O4.ClH/c1-19-13-3-2-9(17)4-8(13)5-12-16(19)11-6-10(20(22)23)7-14(21(24)25)15(11)18-12;/h2-7H,1H3;1H. The molecule has 0 radical (unpaired) electrons. The zero-order valence-electron chi connectivity index (χ0n) is 13.2. The highest BCUT2D eigenvalue weighted by Gasteiger charge is 2.27. The van der Waals surface area contributed by atoms with Gasteiger partial charge in [-0.3, -0.25) is 20.2 Å². The van der Waals surface area contributed by atoms with E-state index in [1.165, 1.54) is 18.2 Å². The summed E-state index contributed by atoms with van der Waals surface area (Å²) in [5.74, 6) is -0.412. The number of nitro groups is 2. The Morgan fingerprint density at radius 3 is 2.46 bits per heavy atom. The summed E-state index contributed by atoms with van der Waals surface area (Å²) >= 11 is 0. The van der Waals surface area contributed by atoms with Gasteiger partial charge in [-0.25, -0.2) is 9.37 Å². The Balaban J connectivity index is 0.00000196. The Morgan fingerprint density at radius 2 is 1.81 bits per heavy atom. The van der Waals surface area contributed by atoms with Crippen molar-refractivity contribution < 1.29 is 14.2 Å². The molecule has 2 aromatic carbocycles. The Hall–Kier alpha value is -3.33. The van der Waals surface area contributed by atoms with Crippen molar-refractivity contribution in [3.63, 3.8) is 0 Å². The molecule has 8 nitrogen and oxygen atoms in total. The van der Waals surface area contributed by atoms with Crippen molar-refractivity contribution in [2.24, 2.45) is 7.05 Å². The topological polar surface area (TPSA) is 104 Å². The van der Waals surface area contributed by atoms with E-state index < -0.39 is 21.4 Å². The van der Waals surface area contributed by atoms with Crippen molar-refractivity contribution >= 4 is 45.6 Å². The van der Waals surface area contributed by atoms with Gasteiger partial charge in [0.1, 0.15) is 5.82 Å². The first kappa shape index (κ1) is 17.5. The molecule has 0 spiro atoms. The smallest absolute Gasteiger partial charge is 0.302 e. The maximum atomic E-state index is 13.5. The van der Waals surface area contributed by atoms with E-state index in [0.717, 1.165) is 6.07 Å². The van der Waals surface area contributed by atoms with Gasteiger partial charge in [0.05, 0.1) is 27.3 Å². The van der Waals surface area contributed by atoms with Crippen LogP contribution in [0.15, 0.2) is 36.4 Å². The third-order valence-corrected chi connectivity index (χ3v) is 4.19. The van der Waals surface area contributed by atoms with Crippen LogP contribution in [0.1, 0.15) is 0 Å². The summed E-state index contributed by atoms with van der Waals surface area (Å²) in [6, 6.07) is 8.00. The zero-order valence-corrected chi connectivity index (χ0v) is 14.0. The van der Waals surface area contributed by atoms with Crippen LogP contribution in [0.4, 0.5) is 15.8 Å². The number of nitrogens with zero attached hydrogens (tertiary/aromatic N) is 4. The summed E-state index contributed by atoms with van der Waals surface area (Å²) in [7, 11) is 1.70. The number of hydrogen-bond donors (Lipinski definition) is 0. The van der Waals surface area contributed by atoms with Gasteiger partial charge in [0, 0.05) is 29.4 Å². The molecule has 0 saturated heterocycles. The molecule has 0 aromatic heterocycles. The molecule has 2 aliphatic heterocycles. The second-order valence-corrected chi connectivity index (χ2v) is 5.63.